The molecule has 0 aliphatic rings. The van der Waals surface area contributed by atoms with Crippen LogP contribution in [0.2, 0.25) is 0 Å². The van der Waals surface area contributed by atoms with Crippen LogP contribution < -0.4 is 5.63 Å². The summed E-state index contributed by atoms with van der Waals surface area (Å²) < 4.78 is 5.50. The summed E-state index contributed by atoms with van der Waals surface area (Å²) >= 11 is 3.31. The number of hydrogen-bond acceptors (Lipinski definition) is 5. The largest absolute Gasteiger partial charge is 0.507 e. The molecule has 0 spiro atoms. The van der Waals surface area contributed by atoms with Crippen LogP contribution in [0.25, 0.3) is 0 Å². The highest BCUT2D eigenvalue weighted by atomic mass is 32.1. The Morgan fingerprint density at radius 2 is 2.04 bits per heavy atom. The number of hydrogen-bond donors (Lipinski definition) is 1. The number of aryl methyl sites for hydroxylation is 2. The summed E-state index contributed by atoms with van der Waals surface area (Å²) in [4.78, 5) is 13.5. The van der Waals surface area contributed by atoms with Crippen LogP contribution in [0, 0.1) is 0 Å². The van der Waals surface area contributed by atoms with Crippen molar-refractivity contribution < 1.29 is 9.52 Å². The van der Waals surface area contributed by atoms with Gasteiger partial charge in [0.05, 0.1) is 5.56 Å². The molecule has 1 unspecified atom stereocenters. The molecule has 3 nitrogen and oxygen atoms in total. The molecule has 132 valence electrons. The fourth-order valence-corrected chi connectivity index (χ4v) is 4.71. The quantitative estimate of drug-likeness (QED) is 0.524. The molecule has 3 aromatic heterocycles. The third-order valence-electron chi connectivity index (χ3n) is 4.38. The minimum Gasteiger partial charge on any atom is -0.507 e. The summed E-state index contributed by atoms with van der Waals surface area (Å²) in [7, 11) is 0. The highest BCUT2D eigenvalue weighted by molar-refractivity contribution is 7.10. The molecular weight excluding hydrogens is 352 g/mol. The summed E-state index contributed by atoms with van der Waals surface area (Å²) in [5.74, 6) is 0.519. The average molecular weight is 375 g/mol. The molecule has 1 atom stereocenters. The van der Waals surface area contributed by atoms with Crippen LogP contribution in [0.15, 0.2) is 49.6 Å². The van der Waals surface area contributed by atoms with Gasteiger partial charge in [0.2, 0.25) is 0 Å². The van der Waals surface area contributed by atoms with Crippen molar-refractivity contribution in [3.8, 4) is 5.75 Å². The zero-order valence-corrected chi connectivity index (χ0v) is 15.9. The Morgan fingerprint density at radius 3 is 2.68 bits per heavy atom. The lowest BCUT2D eigenvalue weighted by atomic mass is 9.95. The smallest absolute Gasteiger partial charge is 0.343 e. The van der Waals surface area contributed by atoms with Gasteiger partial charge in [-0.3, -0.25) is 0 Å². The second-order valence-electron chi connectivity index (χ2n) is 6.11. The van der Waals surface area contributed by atoms with E-state index in [1.54, 1.807) is 28.7 Å². The Morgan fingerprint density at radius 1 is 1.20 bits per heavy atom. The third kappa shape index (κ3) is 4.41. The van der Waals surface area contributed by atoms with Crippen LogP contribution >= 0.6 is 22.7 Å². The Bertz CT molecular complexity index is 832. The van der Waals surface area contributed by atoms with Gasteiger partial charge in [-0.2, -0.15) is 11.3 Å². The molecule has 0 bridgehead atoms. The van der Waals surface area contributed by atoms with Crippen molar-refractivity contribution in [3.05, 3.63) is 72.6 Å². The molecule has 3 aromatic rings. The maximum atomic E-state index is 12.5. The van der Waals surface area contributed by atoms with Crippen LogP contribution in [-0.4, -0.2) is 5.11 Å². The molecule has 0 saturated carbocycles. The predicted molar refractivity (Wildman–Crippen MR) is 104 cm³/mol. The highest BCUT2D eigenvalue weighted by Crippen LogP contribution is 2.34. The summed E-state index contributed by atoms with van der Waals surface area (Å²) in [6.07, 6.45) is 4.42. The van der Waals surface area contributed by atoms with Gasteiger partial charge in [-0.1, -0.05) is 13.0 Å². The SMILES string of the molecule is CCC(c1cccs1)c1c(O)cc(CCCCc2ccsc2)oc1=O. The lowest BCUT2D eigenvalue weighted by molar-refractivity contribution is 0.404. The first kappa shape index (κ1) is 18.0. The van der Waals surface area contributed by atoms with E-state index in [9.17, 15) is 9.90 Å². The lowest BCUT2D eigenvalue weighted by Crippen LogP contribution is -2.14. The summed E-state index contributed by atoms with van der Waals surface area (Å²) in [6, 6.07) is 7.72. The van der Waals surface area contributed by atoms with E-state index in [4.69, 9.17) is 4.42 Å². The fourth-order valence-electron chi connectivity index (χ4n) is 3.08. The first-order valence-electron chi connectivity index (χ1n) is 8.59. The van der Waals surface area contributed by atoms with Crippen LogP contribution in [0.4, 0.5) is 0 Å². The topological polar surface area (TPSA) is 50.4 Å². The second kappa shape index (κ2) is 8.50. The molecule has 0 aromatic carbocycles. The predicted octanol–water partition coefficient (Wildman–Crippen LogP) is 5.58. The van der Waals surface area contributed by atoms with E-state index in [-0.39, 0.29) is 11.7 Å². The van der Waals surface area contributed by atoms with Gasteiger partial charge in [0.1, 0.15) is 11.5 Å². The van der Waals surface area contributed by atoms with Gasteiger partial charge in [-0.15, -0.1) is 11.3 Å². The van der Waals surface area contributed by atoms with Crippen molar-refractivity contribution >= 4 is 22.7 Å². The number of unbranched alkanes of at least 4 members (excludes halogenated alkanes) is 1. The standard InChI is InChI=1S/C20H22O3S2/c1-2-16(18-8-5-10-25-18)19-17(21)12-15(23-20(19)22)7-4-3-6-14-9-11-24-13-14/h5,8-13,16,21H,2-4,6-7H2,1H3. The Balaban J connectivity index is 1.68. The van der Waals surface area contributed by atoms with Crippen molar-refractivity contribution in [2.45, 2.75) is 44.9 Å². The van der Waals surface area contributed by atoms with Gasteiger partial charge in [-0.05, 0) is 59.5 Å². The first-order valence-corrected chi connectivity index (χ1v) is 10.4. The Kier molecular flexibility index (Phi) is 6.10. The van der Waals surface area contributed by atoms with Crippen LogP contribution in [0.1, 0.15) is 53.9 Å². The molecule has 3 rings (SSSR count). The van der Waals surface area contributed by atoms with Gasteiger partial charge in [0.25, 0.3) is 0 Å². The normalized spacial score (nSPS) is 12.4. The Labute approximate surface area is 155 Å². The average Bonchev–Trinajstić information content (AvgIpc) is 3.28. The summed E-state index contributed by atoms with van der Waals surface area (Å²) in [5.41, 5.74) is 1.33. The van der Waals surface area contributed by atoms with E-state index in [1.807, 2.05) is 24.4 Å². The van der Waals surface area contributed by atoms with E-state index < -0.39 is 5.63 Å². The van der Waals surface area contributed by atoms with Crippen molar-refractivity contribution in [2.75, 3.05) is 0 Å². The molecule has 0 aliphatic carbocycles. The maximum absolute atomic E-state index is 12.5. The minimum absolute atomic E-state index is 0.0596. The molecule has 3 heterocycles. The van der Waals surface area contributed by atoms with Crippen molar-refractivity contribution in [1.82, 2.24) is 0 Å². The number of rotatable bonds is 8. The highest BCUT2D eigenvalue weighted by Gasteiger charge is 2.22. The van der Waals surface area contributed by atoms with Gasteiger partial charge in [0.15, 0.2) is 0 Å². The zero-order chi connectivity index (χ0) is 17.6. The van der Waals surface area contributed by atoms with E-state index in [0.717, 1.165) is 30.6 Å². The van der Waals surface area contributed by atoms with E-state index in [1.165, 1.54) is 5.56 Å². The minimum atomic E-state index is -0.409. The maximum Gasteiger partial charge on any atom is 0.343 e. The molecule has 25 heavy (non-hydrogen) atoms. The van der Waals surface area contributed by atoms with Crippen molar-refractivity contribution in [3.63, 3.8) is 0 Å². The van der Waals surface area contributed by atoms with Gasteiger partial charge < -0.3 is 9.52 Å². The van der Waals surface area contributed by atoms with Crippen LogP contribution in [0.5, 0.6) is 5.75 Å². The summed E-state index contributed by atoms with van der Waals surface area (Å²) in [5, 5.41) is 16.7. The summed E-state index contributed by atoms with van der Waals surface area (Å²) in [6.45, 7) is 2.02. The van der Waals surface area contributed by atoms with Gasteiger partial charge in [-0.25, -0.2) is 4.79 Å². The second-order valence-corrected chi connectivity index (χ2v) is 7.87. The van der Waals surface area contributed by atoms with E-state index in [0.29, 0.717) is 17.7 Å². The third-order valence-corrected chi connectivity index (χ3v) is 6.10. The first-order chi connectivity index (χ1) is 12.2. The molecule has 5 heteroatoms. The fraction of sp³-hybridized carbons (Fsp3) is 0.350. The zero-order valence-electron chi connectivity index (χ0n) is 14.2. The van der Waals surface area contributed by atoms with E-state index >= 15 is 0 Å². The van der Waals surface area contributed by atoms with Crippen molar-refractivity contribution in [1.29, 1.82) is 0 Å². The van der Waals surface area contributed by atoms with E-state index in [2.05, 4.69) is 16.8 Å². The molecule has 1 N–H and O–H groups in total. The molecule has 0 fully saturated rings. The number of aromatic hydroxyl groups is 1. The molecular formula is C20H22O3S2. The lowest BCUT2D eigenvalue weighted by Gasteiger charge is -2.14. The molecule has 0 saturated heterocycles. The molecule has 0 aliphatic heterocycles. The van der Waals surface area contributed by atoms with Crippen LogP contribution in [0.3, 0.4) is 0 Å². The van der Waals surface area contributed by atoms with Gasteiger partial charge in [0, 0.05) is 23.3 Å². The van der Waals surface area contributed by atoms with Crippen LogP contribution in [-0.2, 0) is 12.8 Å². The monoisotopic (exact) mass is 374 g/mol. The molecule has 0 radical (unpaired) electrons. The molecule has 0 amide bonds. The van der Waals surface area contributed by atoms with Crippen molar-refractivity contribution in [2.24, 2.45) is 0 Å². The Hall–Kier alpha value is -1.85. The van der Waals surface area contributed by atoms with Gasteiger partial charge >= 0.3 is 5.63 Å². The number of thiophene rings is 2.